The van der Waals surface area contributed by atoms with Gasteiger partial charge in [0, 0.05) is 26.2 Å². The third-order valence-corrected chi connectivity index (χ3v) is 5.03. The van der Waals surface area contributed by atoms with Crippen LogP contribution in [0.5, 0.6) is 0 Å². The maximum atomic E-state index is 10.6. The van der Waals surface area contributed by atoms with Gasteiger partial charge in [0.25, 0.3) is 0 Å². The highest BCUT2D eigenvalue weighted by Gasteiger charge is 2.17. The fourth-order valence-electron chi connectivity index (χ4n) is 3.48. The van der Waals surface area contributed by atoms with Crippen molar-refractivity contribution in [3.8, 4) is 0 Å². The lowest BCUT2D eigenvalue weighted by molar-refractivity contribution is 0.0604. The van der Waals surface area contributed by atoms with Crippen molar-refractivity contribution in [1.82, 2.24) is 4.90 Å². The van der Waals surface area contributed by atoms with Gasteiger partial charge in [-0.15, -0.1) is 0 Å². The summed E-state index contributed by atoms with van der Waals surface area (Å²) in [7, 11) is 0. The van der Waals surface area contributed by atoms with Gasteiger partial charge >= 0.3 is 0 Å². The Hall–Kier alpha value is -1.72. The molecule has 2 aromatic rings. The van der Waals surface area contributed by atoms with Crippen LogP contribution in [0.25, 0.3) is 0 Å². The highest BCUT2D eigenvalue weighted by atomic mass is 16.3. The van der Waals surface area contributed by atoms with Crippen LogP contribution in [0, 0.1) is 0 Å². The number of hydrogen-bond acceptors (Lipinski definition) is 4. The van der Waals surface area contributed by atoms with E-state index in [1.54, 1.807) is 0 Å². The second-order valence-electron chi connectivity index (χ2n) is 7.54. The number of aliphatic hydroxyl groups is 3. The van der Waals surface area contributed by atoms with E-state index in [2.05, 4.69) is 17.0 Å². The third kappa shape index (κ3) is 8.98. The van der Waals surface area contributed by atoms with E-state index in [1.807, 2.05) is 48.5 Å². The highest BCUT2D eigenvalue weighted by Crippen LogP contribution is 2.17. The van der Waals surface area contributed by atoms with E-state index in [0.29, 0.717) is 19.6 Å². The van der Waals surface area contributed by atoms with E-state index in [9.17, 15) is 10.2 Å². The molecule has 0 heterocycles. The van der Waals surface area contributed by atoms with Crippen LogP contribution < -0.4 is 0 Å². The summed E-state index contributed by atoms with van der Waals surface area (Å²) in [6.45, 7) is 2.01. The molecule has 2 aromatic carbocycles. The average molecular weight is 386 g/mol. The van der Waals surface area contributed by atoms with Gasteiger partial charge in [0.2, 0.25) is 0 Å². The smallest absolute Gasteiger partial charge is 0.0917 e. The van der Waals surface area contributed by atoms with Gasteiger partial charge in [-0.05, 0) is 24.0 Å². The lowest BCUT2D eigenvalue weighted by Gasteiger charge is -2.27. The number of rotatable bonds is 14. The molecule has 154 valence electrons. The Kier molecular flexibility index (Phi) is 10.8. The summed E-state index contributed by atoms with van der Waals surface area (Å²) in [6, 6.07) is 19.9. The third-order valence-electron chi connectivity index (χ3n) is 5.03. The van der Waals surface area contributed by atoms with Crippen molar-refractivity contribution in [3.63, 3.8) is 0 Å². The quantitative estimate of drug-likeness (QED) is 0.431. The molecular formula is C24H35NO3. The summed E-state index contributed by atoms with van der Waals surface area (Å²) in [5.41, 5.74) is 2.08. The largest absolute Gasteiger partial charge is 0.396 e. The first-order valence-electron chi connectivity index (χ1n) is 10.5. The van der Waals surface area contributed by atoms with Crippen LogP contribution in [0.15, 0.2) is 60.7 Å². The minimum Gasteiger partial charge on any atom is -0.396 e. The molecule has 0 saturated carbocycles. The average Bonchev–Trinajstić information content (AvgIpc) is 2.72. The number of nitrogens with zero attached hydrogens (tertiary/aromatic N) is 1. The molecule has 0 amide bonds. The summed E-state index contributed by atoms with van der Waals surface area (Å²) in [5.74, 6) is 0. The summed E-state index contributed by atoms with van der Waals surface area (Å²) < 4.78 is 0. The SMILES string of the molecule is OCCCCCCCC(O)CN(Cc1ccccc1)CC(O)c1ccccc1. The standard InChI is InChI=1S/C24H35NO3/c26-17-11-3-1-2-10-16-23(27)19-25(18-21-12-6-4-7-13-21)20-24(28)22-14-8-5-9-15-22/h4-9,12-15,23-24,26-28H,1-3,10-11,16-20H2. The molecule has 0 radical (unpaired) electrons. The fourth-order valence-corrected chi connectivity index (χ4v) is 3.48. The number of aliphatic hydroxyl groups excluding tert-OH is 3. The van der Waals surface area contributed by atoms with E-state index < -0.39 is 12.2 Å². The first kappa shape index (κ1) is 22.6. The minimum atomic E-state index is -0.574. The Morgan fingerprint density at radius 2 is 1.32 bits per heavy atom. The van der Waals surface area contributed by atoms with Gasteiger partial charge in [0.1, 0.15) is 0 Å². The van der Waals surface area contributed by atoms with Crippen LogP contribution in [0.3, 0.4) is 0 Å². The zero-order valence-electron chi connectivity index (χ0n) is 16.8. The first-order valence-corrected chi connectivity index (χ1v) is 10.5. The lowest BCUT2D eigenvalue weighted by atomic mass is 10.1. The molecule has 0 bridgehead atoms. The highest BCUT2D eigenvalue weighted by molar-refractivity contribution is 5.18. The summed E-state index contributed by atoms with van der Waals surface area (Å²) >= 11 is 0. The summed E-state index contributed by atoms with van der Waals surface area (Å²) in [5, 5.41) is 30.0. The van der Waals surface area contributed by atoms with Crippen molar-refractivity contribution in [2.24, 2.45) is 0 Å². The zero-order chi connectivity index (χ0) is 20.0. The Labute approximate surface area is 169 Å². The van der Waals surface area contributed by atoms with E-state index in [-0.39, 0.29) is 6.61 Å². The second-order valence-corrected chi connectivity index (χ2v) is 7.54. The van der Waals surface area contributed by atoms with Crippen molar-refractivity contribution < 1.29 is 15.3 Å². The van der Waals surface area contributed by atoms with Crippen molar-refractivity contribution in [3.05, 3.63) is 71.8 Å². The van der Waals surface area contributed by atoms with Gasteiger partial charge in [-0.3, -0.25) is 4.90 Å². The Balaban J connectivity index is 1.86. The van der Waals surface area contributed by atoms with Crippen LogP contribution in [-0.2, 0) is 6.54 Å². The van der Waals surface area contributed by atoms with Crippen LogP contribution in [0.4, 0.5) is 0 Å². The monoisotopic (exact) mass is 385 g/mol. The molecular weight excluding hydrogens is 350 g/mol. The van der Waals surface area contributed by atoms with Gasteiger partial charge in [-0.25, -0.2) is 0 Å². The molecule has 2 rings (SSSR count). The molecule has 0 aliphatic rings. The van der Waals surface area contributed by atoms with Crippen molar-refractivity contribution in [1.29, 1.82) is 0 Å². The Bertz CT molecular complexity index is 620. The van der Waals surface area contributed by atoms with Gasteiger partial charge in [0.05, 0.1) is 12.2 Å². The van der Waals surface area contributed by atoms with Crippen molar-refractivity contribution >= 4 is 0 Å². The second kappa shape index (κ2) is 13.5. The predicted molar refractivity (Wildman–Crippen MR) is 114 cm³/mol. The van der Waals surface area contributed by atoms with Crippen LogP contribution >= 0.6 is 0 Å². The van der Waals surface area contributed by atoms with Crippen LogP contribution in [-0.4, -0.2) is 46.0 Å². The molecule has 0 aliphatic heterocycles. The van der Waals surface area contributed by atoms with Gasteiger partial charge in [-0.2, -0.15) is 0 Å². The van der Waals surface area contributed by atoms with Gasteiger partial charge in [-0.1, -0.05) is 86.3 Å². The number of hydrogen-bond donors (Lipinski definition) is 3. The zero-order valence-corrected chi connectivity index (χ0v) is 16.8. The minimum absolute atomic E-state index is 0.265. The van der Waals surface area contributed by atoms with Gasteiger partial charge < -0.3 is 15.3 Å². The maximum Gasteiger partial charge on any atom is 0.0917 e. The molecule has 0 saturated heterocycles. The molecule has 0 aromatic heterocycles. The van der Waals surface area contributed by atoms with Crippen molar-refractivity contribution in [2.75, 3.05) is 19.7 Å². The van der Waals surface area contributed by atoms with E-state index >= 15 is 0 Å². The van der Waals surface area contributed by atoms with E-state index in [1.165, 1.54) is 5.56 Å². The Morgan fingerprint density at radius 3 is 2.00 bits per heavy atom. The molecule has 3 N–H and O–H groups in total. The molecule has 2 atom stereocenters. The maximum absolute atomic E-state index is 10.6. The molecule has 0 aliphatic carbocycles. The van der Waals surface area contributed by atoms with E-state index in [4.69, 9.17) is 5.11 Å². The lowest BCUT2D eigenvalue weighted by Crippen LogP contribution is -2.35. The van der Waals surface area contributed by atoms with Crippen LogP contribution in [0.2, 0.25) is 0 Å². The van der Waals surface area contributed by atoms with Gasteiger partial charge in [0.15, 0.2) is 0 Å². The van der Waals surface area contributed by atoms with Crippen molar-refractivity contribution in [2.45, 2.75) is 57.3 Å². The molecule has 4 heteroatoms. The topological polar surface area (TPSA) is 63.9 Å². The first-order chi connectivity index (χ1) is 13.7. The molecule has 28 heavy (non-hydrogen) atoms. The normalized spacial score (nSPS) is 13.6. The molecule has 2 unspecified atom stereocenters. The molecule has 0 spiro atoms. The molecule has 4 nitrogen and oxygen atoms in total. The predicted octanol–water partition coefficient (Wildman–Crippen LogP) is 3.92. The van der Waals surface area contributed by atoms with E-state index in [0.717, 1.165) is 44.1 Å². The van der Waals surface area contributed by atoms with Crippen LogP contribution in [0.1, 0.15) is 55.8 Å². The Morgan fingerprint density at radius 1 is 0.714 bits per heavy atom. The number of benzene rings is 2. The molecule has 0 fully saturated rings. The number of unbranched alkanes of at least 4 members (excludes halogenated alkanes) is 4. The summed E-state index contributed by atoms with van der Waals surface area (Å²) in [4.78, 5) is 2.14. The fraction of sp³-hybridized carbons (Fsp3) is 0.500. The summed E-state index contributed by atoms with van der Waals surface area (Å²) in [6.07, 6.45) is 4.90.